The van der Waals surface area contributed by atoms with E-state index < -0.39 is 35.2 Å². The molecule has 0 saturated carbocycles. The van der Waals surface area contributed by atoms with Gasteiger partial charge >= 0.3 is 6.18 Å². The van der Waals surface area contributed by atoms with Gasteiger partial charge in [-0.3, -0.25) is 9.59 Å². The molecular formula is C25H20F3NO5S. The molecule has 0 bridgehead atoms. The molecule has 3 aromatic rings. The lowest BCUT2D eigenvalue weighted by Crippen LogP contribution is -2.29. The summed E-state index contributed by atoms with van der Waals surface area (Å²) in [6.07, 6.45) is -4.56. The number of likely N-dealkylation sites (tertiary alicyclic amines) is 1. The number of nitrogens with zero attached hydrogens (tertiary/aromatic N) is 1. The molecule has 1 unspecified atom stereocenters. The van der Waals surface area contributed by atoms with Crippen molar-refractivity contribution in [2.75, 3.05) is 14.2 Å². The van der Waals surface area contributed by atoms with E-state index in [2.05, 4.69) is 0 Å². The molecule has 1 amide bonds. The molecule has 1 aliphatic rings. The summed E-state index contributed by atoms with van der Waals surface area (Å²) in [5.41, 5.74) is -0.778. The highest BCUT2D eigenvalue weighted by Crippen LogP contribution is 2.45. The molecule has 1 atom stereocenters. The summed E-state index contributed by atoms with van der Waals surface area (Å²) in [6, 6.07) is 11.7. The summed E-state index contributed by atoms with van der Waals surface area (Å²) in [6.45, 7) is -0.267. The summed E-state index contributed by atoms with van der Waals surface area (Å²) in [4.78, 5) is 28.0. The van der Waals surface area contributed by atoms with Gasteiger partial charge in [0.25, 0.3) is 11.7 Å². The van der Waals surface area contributed by atoms with E-state index >= 15 is 0 Å². The molecule has 1 fully saturated rings. The van der Waals surface area contributed by atoms with Gasteiger partial charge in [0.15, 0.2) is 0 Å². The number of Topliss-reactive ketones (excluding diaryl/α,β-unsaturated/α-hetero) is 1. The fourth-order valence-corrected chi connectivity index (χ4v) is 4.89. The molecule has 1 aromatic heterocycles. The zero-order valence-electron chi connectivity index (χ0n) is 18.6. The minimum atomic E-state index is -4.56. The summed E-state index contributed by atoms with van der Waals surface area (Å²) in [5.74, 6) is -1.95. The first-order valence-electron chi connectivity index (χ1n) is 10.4. The molecule has 10 heteroatoms. The molecule has 182 valence electrons. The van der Waals surface area contributed by atoms with Crippen LogP contribution in [0.4, 0.5) is 13.2 Å². The van der Waals surface area contributed by atoms with Gasteiger partial charge in [-0.15, -0.1) is 11.3 Å². The summed E-state index contributed by atoms with van der Waals surface area (Å²) >= 11 is 1.25. The van der Waals surface area contributed by atoms with Gasteiger partial charge < -0.3 is 19.5 Å². The first kappa shape index (κ1) is 24.3. The number of hydrogen-bond acceptors (Lipinski definition) is 6. The summed E-state index contributed by atoms with van der Waals surface area (Å²) in [7, 11) is 2.77. The number of aliphatic hydroxyl groups excluding tert-OH is 1. The highest BCUT2D eigenvalue weighted by Gasteiger charge is 2.47. The fraction of sp³-hybridized carbons (Fsp3) is 0.200. The van der Waals surface area contributed by atoms with Gasteiger partial charge in [-0.2, -0.15) is 13.2 Å². The first-order valence-corrected chi connectivity index (χ1v) is 11.2. The number of ketones is 1. The third-order valence-electron chi connectivity index (χ3n) is 5.62. The van der Waals surface area contributed by atoms with Gasteiger partial charge in [0.05, 0.1) is 31.4 Å². The second kappa shape index (κ2) is 9.46. The van der Waals surface area contributed by atoms with Crippen molar-refractivity contribution >= 4 is 28.8 Å². The highest BCUT2D eigenvalue weighted by atomic mass is 32.1. The SMILES string of the molecule is COc1cccc(OC)c1/C(O)=C1\C(=O)C(=O)N(Cc2cccc(C(F)(F)F)c2)C1c1cccs1. The third-order valence-corrected chi connectivity index (χ3v) is 6.55. The number of thiophene rings is 1. The maximum absolute atomic E-state index is 13.2. The standard InChI is InChI=1S/C25H20F3NO5S/c1-33-16-8-4-9-17(34-2)19(16)22(30)20-21(18-10-5-11-35-18)29(24(32)23(20)31)13-14-6-3-7-15(12-14)25(26,27)28/h3-12,21,30H,13H2,1-2H3/b22-20+. The van der Waals surface area contributed by atoms with Gasteiger partial charge in [0.2, 0.25) is 0 Å². The maximum atomic E-state index is 13.2. The van der Waals surface area contributed by atoms with E-state index in [9.17, 15) is 27.9 Å². The lowest BCUT2D eigenvalue weighted by molar-refractivity contribution is -0.140. The van der Waals surface area contributed by atoms with E-state index in [0.717, 1.165) is 17.0 Å². The van der Waals surface area contributed by atoms with Gasteiger partial charge in [-0.25, -0.2) is 0 Å². The topological polar surface area (TPSA) is 76.1 Å². The average molecular weight is 503 g/mol. The molecule has 35 heavy (non-hydrogen) atoms. The number of aliphatic hydroxyl groups is 1. The van der Waals surface area contributed by atoms with Crippen molar-refractivity contribution in [1.82, 2.24) is 4.90 Å². The van der Waals surface area contributed by atoms with Crippen LogP contribution in [-0.4, -0.2) is 35.9 Å². The van der Waals surface area contributed by atoms with Crippen molar-refractivity contribution in [3.63, 3.8) is 0 Å². The Morgan fingerprint density at radius 2 is 1.69 bits per heavy atom. The van der Waals surface area contributed by atoms with Crippen LogP contribution in [0.2, 0.25) is 0 Å². The van der Waals surface area contributed by atoms with E-state index in [1.807, 2.05) is 0 Å². The fourth-order valence-electron chi connectivity index (χ4n) is 4.05. The van der Waals surface area contributed by atoms with Crippen LogP contribution in [0.15, 0.2) is 65.6 Å². The van der Waals surface area contributed by atoms with Crippen molar-refractivity contribution in [2.24, 2.45) is 0 Å². The third kappa shape index (κ3) is 4.49. The zero-order chi connectivity index (χ0) is 25.3. The Morgan fingerprint density at radius 3 is 2.26 bits per heavy atom. The minimum Gasteiger partial charge on any atom is -0.506 e. The molecule has 0 radical (unpaired) electrons. The molecule has 2 heterocycles. The molecule has 1 saturated heterocycles. The Balaban J connectivity index is 1.87. The molecule has 2 aromatic carbocycles. The van der Waals surface area contributed by atoms with E-state index in [4.69, 9.17) is 9.47 Å². The van der Waals surface area contributed by atoms with E-state index in [1.165, 1.54) is 37.7 Å². The normalized spacial score (nSPS) is 17.6. The van der Waals surface area contributed by atoms with Crippen LogP contribution in [0.25, 0.3) is 5.76 Å². The summed E-state index contributed by atoms with van der Waals surface area (Å²) < 4.78 is 50.3. The Bertz CT molecular complexity index is 1280. The minimum absolute atomic E-state index is 0.0936. The van der Waals surface area contributed by atoms with Crippen molar-refractivity contribution in [1.29, 1.82) is 0 Å². The van der Waals surface area contributed by atoms with Crippen molar-refractivity contribution < 1.29 is 37.3 Å². The number of hydrogen-bond donors (Lipinski definition) is 1. The van der Waals surface area contributed by atoms with Crippen LogP contribution in [0.5, 0.6) is 11.5 Å². The Kier molecular flexibility index (Phi) is 6.58. The van der Waals surface area contributed by atoms with Crippen molar-refractivity contribution in [3.8, 4) is 11.5 Å². The quantitative estimate of drug-likeness (QED) is 0.277. The maximum Gasteiger partial charge on any atom is 0.416 e. The van der Waals surface area contributed by atoms with E-state index in [-0.39, 0.29) is 34.7 Å². The van der Waals surface area contributed by atoms with Crippen molar-refractivity contribution in [3.05, 3.63) is 87.1 Å². The van der Waals surface area contributed by atoms with Gasteiger partial charge in [0, 0.05) is 11.4 Å². The Morgan fingerprint density at radius 1 is 1.03 bits per heavy atom. The highest BCUT2D eigenvalue weighted by molar-refractivity contribution is 7.10. The van der Waals surface area contributed by atoms with Crippen LogP contribution in [0.1, 0.15) is 27.6 Å². The number of methoxy groups -OCH3 is 2. The smallest absolute Gasteiger partial charge is 0.416 e. The first-order chi connectivity index (χ1) is 16.7. The predicted octanol–water partition coefficient (Wildman–Crippen LogP) is 5.41. The van der Waals surface area contributed by atoms with Gasteiger partial charge in [0.1, 0.15) is 22.8 Å². The van der Waals surface area contributed by atoms with Gasteiger partial charge in [-0.1, -0.05) is 24.3 Å². The lowest BCUT2D eigenvalue weighted by atomic mass is 9.98. The second-order valence-electron chi connectivity index (χ2n) is 7.68. The predicted molar refractivity (Wildman–Crippen MR) is 123 cm³/mol. The number of halogens is 3. The number of alkyl halides is 3. The number of ether oxygens (including phenoxy) is 2. The molecule has 4 rings (SSSR count). The van der Waals surface area contributed by atoms with Crippen molar-refractivity contribution in [2.45, 2.75) is 18.8 Å². The van der Waals surface area contributed by atoms with Crippen LogP contribution in [-0.2, 0) is 22.3 Å². The van der Waals surface area contributed by atoms with Crippen LogP contribution in [0.3, 0.4) is 0 Å². The van der Waals surface area contributed by atoms with Crippen LogP contribution in [0, 0.1) is 0 Å². The number of carbonyl (C=O) groups excluding carboxylic acids is 2. The molecular weight excluding hydrogens is 483 g/mol. The second-order valence-corrected chi connectivity index (χ2v) is 8.66. The molecule has 0 spiro atoms. The molecule has 0 aliphatic carbocycles. The van der Waals surface area contributed by atoms with Crippen LogP contribution >= 0.6 is 11.3 Å². The number of rotatable bonds is 6. The number of carbonyl (C=O) groups is 2. The molecule has 1 aliphatic heterocycles. The van der Waals surface area contributed by atoms with Gasteiger partial charge in [-0.05, 0) is 41.3 Å². The Labute approximate surface area is 202 Å². The average Bonchev–Trinajstić information content (AvgIpc) is 3.45. The largest absolute Gasteiger partial charge is 0.506 e. The van der Waals surface area contributed by atoms with E-state index in [1.54, 1.807) is 35.7 Å². The number of benzene rings is 2. The van der Waals surface area contributed by atoms with Crippen LogP contribution < -0.4 is 9.47 Å². The lowest BCUT2D eigenvalue weighted by Gasteiger charge is -2.25. The van der Waals surface area contributed by atoms with E-state index in [0.29, 0.717) is 4.88 Å². The monoisotopic (exact) mass is 503 g/mol. The zero-order valence-corrected chi connectivity index (χ0v) is 19.4. The Hall–Kier alpha value is -3.79. The number of amides is 1. The summed E-state index contributed by atoms with van der Waals surface area (Å²) in [5, 5.41) is 13.1. The molecule has 1 N–H and O–H groups in total. The molecule has 6 nitrogen and oxygen atoms in total.